The van der Waals surface area contributed by atoms with E-state index in [2.05, 4.69) is 126 Å². The second kappa shape index (κ2) is 7.79. The average molecular weight is 517 g/mol. The van der Waals surface area contributed by atoms with E-state index in [4.69, 9.17) is 9.40 Å². The first-order chi connectivity index (χ1) is 19.3. The molecule has 9 rings (SSSR count). The molecule has 0 aliphatic carbocycles. The highest BCUT2D eigenvalue weighted by molar-refractivity contribution is 7.26. The van der Waals surface area contributed by atoms with E-state index in [0.29, 0.717) is 6.01 Å². The highest BCUT2D eigenvalue weighted by Crippen LogP contribution is 2.41. The third-order valence-corrected chi connectivity index (χ3v) is 8.98. The third kappa shape index (κ3) is 2.95. The van der Waals surface area contributed by atoms with Crippen LogP contribution in [0.15, 0.2) is 126 Å². The topological polar surface area (TPSA) is 31.0 Å². The van der Waals surface area contributed by atoms with E-state index >= 15 is 0 Å². The molecule has 4 heteroatoms. The van der Waals surface area contributed by atoms with Crippen molar-refractivity contribution < 1.29 is 4.42 Å². The molecule has 0 unspecified atom stereocenters. The third-order valence-electron chi connectivity index (χ3n) is 7.84. The van der Waals surface area contributed by atoms with Gasteiger partial charge in [0.05, 0.1) is 11.0 Å². The molecule has 39 heavy (non-hydrogen) atoms. The Morgan fingerprint density at radius 3 is 2.28 bits per heavy atom. The number of hydrogen-bond donors (Lipinski definition) is 0. The molecule has 0 atom stereocenters. The molecule has 0 radical (unpaired) electrons. The second-order valence-corrected chi connectivity index (χ2v) is 11.1. The number of aromatic nitrogens is 2. The van der Waals surface area contributed by atoms with Gasteiger partial charge in [-0.25, -0.2) is 0 Å². The monoisotopic (exact) mass is 516 g/mol. The summed E-state index contributed by atoms with van der Waals surface area (Å²) in [5.74, 6) is 0. The maximum atomic E-state index is 6.54. The number of oxazole rings is 1. The van der Waals surface area contributed by atoms with Gasteiger partial charge in [0.25, 0.3) is 0 Å². The zero-order valence-electron chi connectivity index (χ0n) is 20.8. The van der Waals surface area contributed by atoms with Crippen LogP contribution < -0.4 is 0 Å². The summed E-state index contributed by atoms with van der Waals surface area (Å²) in [5, 5.41) is 7.25. The summed E-state index contributed by atoms with van der Waals surface area (Å²) < 4.78 is 11.2. The van der Waals surface area contributed by atoms with Gasteiger partial charge in [-0.2, -0.15) is 4.98 Å². The molecule has 0 bridgehead atoms. The van der Waals surface area contributed by atoms with Crippen LogP contribution in [0.2, 0.25) is 0 Å². The number of rotatable bonds is 2. The molecule has 0 amide bonds. The van der Waals surface area contributed by atoms with Crippen LogP contribution in [0, 0.1) is 0 Å². The Morgan fingerprint density at radius 1 is 0.564 bits per heavy atom. The van der Waals surface area contributed by atoms with Crippen LogP contribution in [0.5, 0.6) is 0 Å². The van der Waals surface area contributed by atoms with E-state index in [9.17, 15) is 0 Å². The second-order valence-electron chi connectivity index (χ2n) is 9.99. The number of hydrogen-bond acceptors (Lipinski definition) is 3. The van der Waals surface area contributed by atoms with Gasteiger partial charge in [0.15, 0.2) is 5.58 Å². The number of thiophene rings is 1. The van der Waals surface area contributed by atoms with Crippen molar-refractivity contribution in [3.63, 3.8) is 0 Å². The molecule has 0 saturated carbocycles. The van der Waals surface area contributed by atoms with E-state index in [1.807, 2.05) is 0 Å². The molecule has 0 aliphatic rings. The molecule has 182 valence electrons. The van der Waals surface area contributed by atoms with Crippen LogP contribution in [0.3, 0.4) is 0 Å². The zero-order valence-corrected chi connectivity index (χ0v) is 21.6. The van der Waals surface area contributed by atoms with Gasteiger partial charge >= 0.3 is 6.01 Å². The highest BCUT2D eigenvalue weighted by Gasteiger charge is 2.21. The van der Waals surface area contributed by atoms with Crippen molar-refractivity contribution in [3.8, 4) is 17.1 Å². The fourth-order valence-electron chi connectivity index (χ4n) is 6.09. The van der Waals surface area contributed by atoms with Crippen LogP contribution in [-0.2, 0) is 0 Å². The highest BCUT2D eigenvalue weighted by atomic mass is 32.1. The van der Waals surface area contributed by atoms with E-state index < -0.39 is 0 Å². The summed E-state index contributed by atoms with van der Waals surface area (Å²) in [5.41, 5.74) is 6.29. The normalized spacial score (nSPS) is 12.1. The molecule has 3 aromatic heterocycles. The average Bonchev–Trinajstić information content (AvgIpc) is 3.68. The predicted octanol–water partition coefficient (Wildman–Crippen LogP) is 10.1. The quantitative estimate of drug-likeness (QED) is 0.229. The van der Waals surface area contributed by atoms with Gasteiger partial charge in [-0.3, -0.25) is 4.57 Å². The van der Waals surface area contributed by atoms with E-state index in [1.54, 1.807) is 11.3 Å². The Bertz CT molecular complexity index is 2390. The lowest BCUT2D eigenvalue weighted by Crippen LogP contribution is -1.93. The van der Waals surface area contributed by atoms with Gasteiger partial charge in [0.2, 0.25) is 0 Å². The molecule has 9 aromatic rings. The van der Waals surface area contributed by atoms with Crippen molar-refractivity contribution >= 4 is 75.2 Å². The van der Waals surface area contributed by atoms with Gasteiger partial charge in [-0.05, 0) is 58.3 Å². The Hall–Kier alpha value is -4.93. The molecular formula is C35H20N2OS. The van der Waals surface area contributed by atoms with E-state index in [0.717, 1.165) is 22.1 Å². The molecule has 0 aliphatic heterocycles. The molecule has 0 N–H and O–H groups in total. The Morgan fingerprint density at radius 2 is 1.36 bits per heavy atom. The van der Waals surface area contributed by atoms with Crippen LogP contribution in [0.1, 0.15) is 0 Å². The van der Waals surface area contributed by atoms with Gasteiger partial charge < -0.3 is 4.42 Å². The van der Waals surface area contributed by atoms with Gasteiger partial charge in [-0.15, -0.1) is 11.3 Å². The molecular weight excluding hydrogens is 496 g/mol. The first-order valence-electron chi connectivity index (χ1n) is 13.1. The standard InChI is InChI=1S/C35H20N2OS/c1-2-8-21(9-3-1)23-15-16-27-26(20-23)32-24-11-5-4-10-22(24)14-17-28(32)37(27)35-36-34-29(38-35)18-19-31-33(34)25-12-6-7-13-30(25)39-31/h1-20H. The van der Waals surface area contributed by atoms with Crippen LogP contribution in [0.4, 0.5) is 0 Å². The summed E-state index contributed by atoms with van der Waals surface area (Å²) in [6, 6.07) is 43.6. The van der Waals surface area contributed by atoms with Crippen LogP contribution in [0.25, 0.3) is 81.0 Å². The van der Waals surface area contributed by atoms with Gasteiger partial charge in [-0.1, -0.05) is 84.9 Å². The lowest BCUT2D eigenvalue weighted by molar-refractivity contribution is 0.574. The van der Waals surface area contributed by atoms with Crippen LogP contribution >= 0.6 is 11.3 Å². The first-order valence-corrected chi connectivity index (χ1v) is 13.9. The minimum absolute atomic E-state index is 0.593. The summed E-state index contributed by atoms with van der Waals surface area (Å²) >= 11 is 1.80. The largest absolute Gasteiger partial charge is 0.423 e. The van der Waals surface area contributed by atoms with Crippen molar-refractivity contribution in [1.29, 1.82) is 0 Å². The minimum Gasteiger partial charge on any atom is -0.423 e. The maximum absolute atomic E-state index is 6.54. The van der Waals surface area contributed by atoms with Gasteiger partial charge in [0.1, 0.15) is 5.52 Å². The Balaban J connectivity index is 1.40. The van der Waals surface area contributed by atoms with Crippen molar-refractivity contribution in [2.24, 2.45) is 0 Å². The molecule has 3 nitrogen and oxygen atoms in total. The van der Waals surface area contributed by atoms with E-state index in [-0.39, 0.29) is 0 Å². The molecule has 0 fully saturated rings. The summed E-state index contributed by atoms with van der Waals surface area (Å²) in [6.45, 7) is 0. The molecule has 0 saturated heterocycles. The number of nitrogens with zero attached hydrogens (tertiary/aromatic N) is 2. The molecule has 6 aromatic carbocycles. The lowest BCUT2D eigenvalue weighted by Gasteiger charge is -2.04. The number of benzene rings is 6. The van der Waals surface area contributed by atoms with Crippen molar-refractivity contribution in [3.05, 3.63) is 121 Å². The SMILES string of the molecule is c1ccc(-c2ccc3c(c2)c2c4ccccc4ccc2n3-c2nc3c(ccc4sc5ccccc5c43)o2)cc1. The van der Waals surface area contributed by atoms with Crippen LogP contribution in [-0.4, -0.2) is 9.55 Å². The summed E-state index contributed by atoms with van der Waals surface area (Å²) in [7, 11) is 0. The Kier molecular flexibility index (Phi) is 4.21. The first kappa shape index (κ1) is 21.1. The van der Waals surface area contributed by atoms with Gasteiger partial charge in [0, 0.05) is 30.9 Å². The smallest absolute Gasteiger partial charge is 0.307 e. The maximum Gasteiger partial charge on any atom is 0.307 e. The number of fused-ring (bicyclic) bond motifs is 10. The fourth-order valence-corrected chi connectivity index (χ4v) is 7.20. The fraction of sp³-hybridized carbons (Fsp3) is 0. The summed E-state index contributed by atoms with van der Waals surface area (Å²) in [6.07, 6.45) is 0. The van der Waals surface area contributed by atoms with Crippen molar-refractivity contribution in [2.45, 2.75) is 0 Å². The molecule has 0 spiro atoms. The predicted molar refractivity (Wildman–Crippen MR) is 164 cm³/mol. The summed E-state index contributed by atoms with van der Waals surface area (Å²) in [4.78, 5) is 5.17. The minimum atomic E-state index is 0.593. The van der Waals surface area contributed by atoms with E-state index in [1.165, 1.54) is 52.8 Å². The Labute approximate surface area is 227 Å². The molecule has 3 heterocycles. The zero-order chi connectivity index (χ0) is 25.5. The lowest BCUT2D eigenvalue weighted by atomic mass is 10.0. The van der Waals surface area contributed by atoms with Crippen molar-refractivity contribution in [1.82, 2.24) is 9.55 Å². The van der Waals surface area contributed by atoms with Crippen molar-refractivity contribution in [2.75, 3.05) is 0 Å².